The number of benzene rings is 1. The van der Waals surface area contributed by atoms with E-state index in [4.69, 9.17) is 4.74 Å². The van der Waals surface area contributed by atoms with E-state index in [-0.39, 0.29) is 31.7 Å². The lowest BCUT2D eigenvalue weighted by Crippen LogP contribution is -2.54. The van der Waals surface area contributed by atoms with Gasteiger partial charge >= 0.3 is 0 Å². The summed E-state index contributed by atoms with van der Waals surface area (Å²) >= 11 is 0. The quantitative estimate of drug-likeness (QED) is 0.740. The highest BCUT2D eigenvalue weighted by Gasteiger charge is 2.43. The molecule has 0 saturated carbocycles. The second-order valence-electron chi connectivity index (χ2n) is 8.38. The lowest BCUT2D eigenvalue weighted by Gasteiger charge is -2.38. The summed E-state index contributed by atoms with van der Waals surface area (Å²) in [7, 11) is 0. The topological polar surface area (TPSA) is 86.8 Å². The van der Waals surface area contributed by atoms with Crippen molar-refractivity contribution in [3.63, 3.8) is 0 Å². The number of nitrogens with one attached hydrogen (secondary N) is 2. The molecule has 8 heteroatoms. The van der Waals surface area contributed by atoms with Gasteiger partial charge in [0, 0.05) is 44.5 Å². The fourth-order valence-corrected chi connectivity index (χ4v) is 4.45. The van der Waals surface area contributed by atoms with Gasteiger partial charge in [0.25, 0.3) is 0 Å². The van der Waals surface area contributed by atoms with Crippen LogP contribution in [0, 0.1) is 13.8 Å². The van der Waals surface area contributed by atoms with Gasteiger partial charge in [0.2, 0.25) is 11.8 Å². The molecule has 0 bridgehead atoms. The highest BCUT2D eigenvalue weighted by Crippen LogP contribution is 2.28. The molecular formula is C24H31N5O3. The van der Waals surface area contributed by atoms with Crippen LogP contribution in [0.3, 0.4) is 0 Å². The highest BCUT2D eigenvalue weighted by atomic mass is 16.5. The van der Waals surface area contributed by atoms with Crippen molar-refractivity contribution in [2.45, 2.75) is 32.2 Å². The SMILES string of the molecule is Cc1cccc(N2CCN(C(=O)CCC3(c4ccccn4)NCOCNC3=O)CC2)c1C. The van der Waals surface area contributed by atoms with Gasteiger partial charge in [-0.05, 0) is 49.6 Å². The third-order valence-corrected chi connectivity index (χ3v) is 6.56. The number of nitrogens with zero attached hydrogens (tertiary/aromatic N) is 3. The zero-order valence-corrected chi connectivity index (χ0v) is 18.8. The first-order valence-electron chi connectivity index (χ1n) is 11.1. The van der Waals surface area contributed by atoms with Crippen molar-refractivity contribution in [2.24, 2.45) is 0 Å². The van der Waals surface area contributed by atoms with Crippen LogP contribution in [0.25, 0.3) is 0 Å². The molecule has 0 radical (unpaired) electrons. The average molecular weight is 438 g/mol. The van der Waals surface area contributed by atoms with Crippen LogP contribution in [0.1, 0.15) is 29.7 Å². The summed E-state index contributed by atoms with van der Waals surface area (Å²) < 4.78 is 5.36. The van der Waals surface area contributed by atoms with E-state index in [2.05, 4.69) is 52.6 Å². The molecule has 0 spiro atoms. The summed E-state index contributed by atoms with van der Waals surface area (Å²) in [5.41, 5.74) is 3.31. The number of hydrogen-bond acceptors (Lipinski definition) is 6. The normalized spacial score (nSPS) is 21.8. The van der Waals surface area contributed by atoms with Crippen molar-refractivity contribution < 1.29 is 14.3 Å². The molecule has 3 heterocycles. The average Bonchev–Trinajstić information content (AvgIpc) is 3.02. The fraction of sp³-hybridized carbons (Fsp3) is 0.458. The molecule has 2 fully saturated rings. The van der Waals surface area contributed by atoms with Gasteiger partial charge in [0.05, 0.1) is 12.4 Å². The number of ether oxygens (including phenoxy) is 1. The Morgan fingerprint density at radius 2 is 1.91 bits per heavy atom. The molecule has 1 aromatic heterocycles. The van der Waals surface area contributed by atoms with Crippen molar-refractivity contribution >= 4 is 17.5 Å². The molecule has 2 N–H and O–H groups in total. The van der Waals surface area contributed by atoms with Gasteiger partial charge in [-0.25, -0.2) is 0 Å². The molecule has 2 aliphatic rings. The highest BCUT2D eigenvalue weighted by molar-refractivity contribution is 5.88. The standard InChI is InChI=1S/C24H31N5O3/c1-18-6-5-7-20(19(18)2)28-12-14-29(15-13-28)22(30)9-10-24(21-8-3-4-11-25-21)23(31)26-16-32-17-27-24/h3-8,11,27H,9-10,12-17H2,1-2H3,(H,26,31). The van der Waals surface area contributed by atoms with Crippen LogP contribution in [0.2, 0.25) is 0 Å². The van der Waals surface area contributed by atoms with Crippen molar-refractivity contribution in [1.29, 1.82) is 0 Å². The number of aromatic nitrogens is 1. The number of aryl methyl sites for hydroxylation is 1. The fourth-order valence-electron chi connectivity index (χ4n) is 4.45. The molecule has 2 saturated heterocycles. The van der Waals surface area contributed by atoms with Crippen LogP contribution in [0.15, 0.2) is 42.6 Å². The Morgan fingerprint density at radius 3 is 2.66 bits per heavy atom. The number of piperazine rings is 1. The number of carbonyl (C=O) groups excluding carboxylic acids is 2. The van der Waals surface area contributed by atoms with Gasteiger partial charge in [-0.1, -0.05) is 18.2 Å². The Bertz CT molecular complexity index is 959. The van der Waals surface area contributed by atoms with E-state index >= 15 is 0 Å². The summed E-state index contributed by atoms with van der Waals surface area (Å²) in [6.45, 7) is 7.55. The minimum atomic E-state index is -1.09. The van der Waals surface area contributed by atoms with Gasteiger partial charge < -0.3 is 19.9 Å². The van der Waals surface area contributed by atoms with E-state index in [9.17, 15) is 9.59 Å². The minimum Gasteiger partial charge on any atom is -0.368 e. The molecule has 1 unspecified atom stereocenters. The second-order valence-corrected chi connectivity index (χ2v) is 8.38. The van der Waals surface area contributed by atoms with Crippen LogP contribution in [0.5, 0.6) is 0 Å². The smallest absolute Gasteiger partial charge is 0.248 e. The maximum atomic E-state index is 13.1. The molecule has 1 atom stereocenters. The van der Waals surface area contributed by atoms with Crippen LogP contribution in [-0.4, -0.2) is 61.3 Å². The predicted molar refractivity (Wildman–Crippen MR) is 122 cm³/mol. The van der Waals surface area contributed by atoms with Crippen molar-refractivity contribution in [3.05, 3.63) is 59.4 Å². The maximum absolute atomic E-state index is 13.1. The molecule has 2 amide bonds. The lowest BCUT2D eigenvalue weighted by molar-refractivity contribution is -0.133. The van der Waals surface area contributed by atoms with E-state index in [0.717, 1.165) is 13.1 Å². The van der Waals surface area contributed by atoms with E-state index < -0.39 is 5.54 Å². The molecular weight excluding hydrogens is 406 g/mol. The van der Waals surface area contributed by atoms with Gasteiger partial charge in [-0.3, -0.25) is 19.9 Å². The Morgan fingerprint density at radius 1 is 1.09 bits per heavy atom. The zero-order valence-electron chi connectivity index (χ0n) is 18.8. The van der Waals surface area contributed by atoms with E-state index in [1.165, 1.54) is 16.8 Å². The molecule has 2 aliphatic heterocycles. The Kier molecular flexibility index (Phi) is 6.72. The number of rotatable bonds is 5. The monoisotopic (exact) mass is 437 g/mol. The third kappa shape index (κ3) is 4.47. The first kappa shape index (κ1) is 22.2. The number of carbonyl (C=O) groups is 2. The van der Waals surface area contributed by atoms with E-state index in [1.54, 1.807) is 6.20 Å². The third-order valence-electron chi connectivity index (χ3n) is 6.56. The van der Waals surface area contributed by atoms with Crippen molar-refractivity contribution in [2.75, 3.05) is 44.5 Å². The molecule has 8 nitrogen and oxygen atoms in total. The molecule has 1 aromatic carbocycles. The molecule has 32 heavy (non-hydrogen) atoms. The van der Waals surface area contributed by atoms with Crippen molar-refractivity contribution in [1.82, 2.24) is 20.5 Å². The number of pyridine rings is 1. The van der Waals surface area contributed by atoms with Gasteiger partial charge in [-0.15, -0.1) is 0 Å². The van der Waals surface area contributed by atoms with Crippen molar-refractivity contribution in [3.8, 4) is 0 Å². The Balaban J connectivity index is 1.41. The number of anilines is 1. The molecule has 0 aliphatic carbocycles. The van der Waals surface area contributed by atoms with Crippen LogP contribution in [-0.2, 0) is 19.9 Å². The summed E-state index contributed by atoms with van der Waals surface area (Å²) in [6.07, 6.45) is 2.22. The first-order chi connectivity index (χ1) is 15.5. The second kappa shape index (κ2) is 9.67. The summed E-state index contributed by atoms with van der Waals surface area (Å²) in [4.78, 5) is 34.7. The van der Waals surface area contributed by atoms with Crippen LogP contribution < -0.4 is 15.5 Å². The number of amides is 2. The van der Waals surface area contributed by atoms with Crippen LogP contribution >= 0.6 is 0 Å². The maximum Gasteiger partial charge on any atom is 0.248 e. The van der Waals surface area contributed by atoms with E-state index in [0.29, 0.717) is 25.2 Å². The van der Waals surface area contributed by atoms with Gasteiger partial charge in [-0.2, -0.15) is 0 Å². The van der Waals surface area contributed by atoms with E-state index in [1.807, 2.05) is 23.1 Å². The summed E-state index contributed by atoms with van der Waals surface area (Å²) in [6, 6.07) is 11.8. The Labute approximate surface area is 188 Å². The largest absolute Gasteiger partial charge is 0.368 e. The predicted octanol–water partition coefficient (Wildman–Crippen LogP) is 1.67. The van der Waals surface area contributed by atoms with Gasteiger partial charge in [0.1, 0.15) is 12.3 Å². The summed E-state index contributed by atoms with van der Waals surface area (Å²) in [5, 5.41) is 5.96. The number of hydrogen-bond donors (Lipinski definition) is 2. The lowest BCUT2D eigenvalue weighted by atomic mass is 9.87. The van der Waals surface area contributed by atoms with Gasteiger partial charge in [0.15, 0.2) is 0 Å². The zero-order chi connectivity index (χ0) is 22.6. The van der Waals surface area contributed by atoms with Crippen LogP contribution in [0.4, 0.5) is 5.69 Å². The summed E-state index contributed by atoms with van der Waals surface area (Å²) in [5.74, 6) is -0.165. The molecule has 2 aromatic rings. The minimum absolute atomic E-state index is 0.0562. The molecule has 170 valence electrons. The first-order valence-corrected chi connectivity index (χ1v) is 11.1. The Hall–Kier alpha value is -2.97. The molecule has 4 rings (SSSR count).